The molecule has 0 saturated heterocycles. The number of thiazole rings is 1. The number of rotatable bonds is 6. The Bertz CT molecular complexity index is 678. The van der Waals surface area contributed by atoms with Crippen LogP contribution in [-0.2, 0) is 0 Å². The number of benzene rings is 1. The van der Waals surface area contributed by atoms with Crippen molar-refractivity contribution in [2.24, 2.45) is 0 Å². The van der Waals surface area contributed by atoms with E-state index in [1.54, 1.807) is 25.1 Å². The molecule has 0 aliphatic carbocycles. The molecule has 1 heterocycles. The number of aromatic carboxylic acids is 1. The summed E-state index contributed by atoms with van der Waals surface area (Å²) in [5.74, 6) is -0.461. The van der Waals surface area contributed by atoms with E-state index in [1.165, 1.54) is 0 Å². The van der Waals surface area contributed by atoms with Gasteiger partial charge in [-0.1, -0.05) is 6.92 Å². The number of aryl methyl sites for hydroxylation is 1. The minimum absolute atomic E-state index is 0.212. The summed E-state index contributed by atoms with van der Waals surface area (Å²) >= 11 is 1.10. The summed E-state index contributed by atoms with van der Waals surface area (Å²) in [6.07, 6.45) is 1.58. The molecule has 0 unspecified atom stereocenters. The predicted molar refractivity (Wildman–Crippen MR) is 80.4 cm³/mol. The molecule has 0 atom stereocenters. The van der Waals surface area contributed by atoms with Gasteiger partial charge in [-0.3, -0.25) is 4.79 Å². The number of nitrogens with zero attached hydrogens (tertiary/aromatic N) is 1. The molecule has 0 spiro atoms. The molecule has 1 N–H and O–H groups in total. The van der Waals surface area contributed by atoms with Crippen molar-refractivity contribution in [3.8, 4) is 16.3 Å². The highest BCUT2D eigenvalue weighted by Gasteiger charge is 2.16. The van der Waals surface area contributed by atoms with Gasteiger partial charge in [0.05, 0.1) is 17.9 Å². The molecule has 0 fully saturated rings. The second kappa shape index (κ2) is 6.49. The van der Waals surface area contributed by atoms with E-state index in [9.17, 15) is 9.59 Å². The summed E-state index contributed by atoms with van der Waals surface area (Å²) in [5, 5.41) is 9.64. The second-order valence-corrected chi connectivity index (χ2v) is 5.46. The van der Waals surface area contributed by atoms with Crippen LogP contribution >= 0.6 is 11.3 Å². The number of aldehydes is 1. The van der Waals surface area contributed by atoms with E-state index < -0.39 is 5.97 Å². The first-order valence-corrected chi connectivity index (χ1v) is 7.31. The maximum atomic E-state index is 11.2. The fraction of sp³-hybridized carbons (Fsp3) is 0.267. The number of carboxylic acids is 1. The summed E-state index contributed by atoms with van der Waals surface area (Å²) in [7, 11) is 0. The van der Waals surface area contributed by atoms with Gasteiger partial charge in [0.15, 0.2) is 6.29 Å². The first kappa shape index (κ1) is 15.2. The Morgan fingerprint density at radius 1 is 1.48 bits per heavy atom. The summed E-state index contributed by atoms with van der Waals surface area (Å²) in [6, 6.07) is 5.16. The smallest absolute Gasteiger partial charge is 0.347 e. The topological polar surface area (TPSA) is 76.5 Å². The molecular weight excluding hydrogens is 290 g/mol. The molecule has 0 bridgehead atoms. The number of aromatic nitrogens is 1. The van der Waals surface area contributed by atoms with Crippen LogP contribution in [0.1, 0.15) is 39.1 Å². The third kappa shape index (κ3) is 3.28. The SMILES string of the molecule is CCCOc1ccc(-c2nc(C)c(C(=O)O)s2)cc1C=O. The quantitative estimate of drug-likeness (QED) is 0.827. The van der Waals surface area contributed by atoms with Crippen LogP contribution in [0, 0.1) is 6.92 Å². The Balaban J connectivity index is 2.38. The minimum atomic E-state index is -0.991. The van der Waals surface area contributed by atoms with E-state index >= 15 is 0 Å². The van der Waals surface area contributed by atoms with Crippen molar-refractivity contribution in [1.29, 1.82) is 0 Å². The molecule has 0 aliphatic heterocycles. The van der Waals surface area contributed by atoms with Crippen LogP contribution < -0.4 is 4.74 Å². The van der Waals surface area contributed by atoms with Crippen LogP contribution in [0.15, 0.2) is 18.2 Å². The molecule has 2 aromatic rings. The molecule has 0 radical (unpaired) electrons. The lowest BCUT2D eigenvalue weighted by Gasteiger charge is -2.08. The number of ether oxygens (including phenoxy) is 1. The van der Waals surface area contributed by atoms with E-state index in [2.05, 4.69) is 4.98 Å². The van der Waals surface area contributed by atoms with Gasteiger partial charge < -0.3 is 9.84 Å². The van der Waals surface area contributed by atoms with Gasteiger partial charge in [-0.25, -0.2) is 9.78 Å². The zero-order valence-corrected chi connectivity index (χ0v) is 12.6. The Morgan fingerprint density at radius 3 is 2.81 bits per heavy atom. The van der Waals surface area contributed by atoms with Gasteiger partial charge in [-0.15, -0.1) is 11.3 Å². The lowest BCUT2D eigenvalue weighted by atomic mass is 10.1. The maximum absolute atomic E-state index is 11.2. The fourth-order valence-electron chi connectivity index (χ4n) is 1.84. The van der Waals surface area contributed by atoms with Crippen LogP contribution in [0.25, 0.3) is 10.6 Å². The molecule has 2 rings (SSSR count). The summed E-state index contributed by atoms with van der Waals surface area (Å²) < 4.78 is 5.49. The zero-order valence-electron chi connectivity index (χ0n) is 11.8. The van der Waals surface area contributed by atoms with E-state index in [0.29, 0.717) is 34.2 Å². The lowest BCUT2D eigenvalue weighted by Crippen LogP contribution is -1.98. The van der Waals surface area contributed by atoms with Crippen LogP contribution in [0.5, 0.6) is 5.75 Å². The van der Waals surface area contributed by atoms with E-state index in [0.717, 1.165) is 24.0 Å². The molecule has 5 nitrogen and oxygen atoms in total. The van der Waals surface area contributed by atoms with E-state index in [-0.39, 0.29) is 4.88 Å². The van der Waals surface area contributed by atoms with Gasteiger partial charge in [0.1, 0.15) is 15.6 Å². The van der Waals surface area contributed by atoms with Crippen molar-refractivity contribution in [2.45, 2.75) is 20.3 Å². The number of hydrogen-bond acceptors (Lipinski definition) is 5. The molecule has 110 valence electrons. The highest BCUT2D eigenvalue weighted by atomic mass is 32.1. The zero-order chi connectivity index (χ0) is 15.4. The minimum Gasteiger partial charge on any atom is -0.493 e. The van der Waals surface area contributed by atoms with E-state index in [1.807, 2.05) is 6.92 Å². The first-order valence-electron chi connectivity index (χ1n) is 6.50. The van der Waals surface area contributed by atoms with Crippen molar-refractivity contribution in [3.05, 3.63) is 34.3 Å². The summed E-state index contributed by atoms with van der Waals surface area (Å²) in [6.45, 7) is 4.18. The Hall–Kier alpha value is -2.21. The standard InChI is InChI=1S/C15H15NO4S/c1-3-6-20-12-5-4-10(7-11(12)8-17)14-16-9(2)13(21-14)15(18)19/h4-5,7-8H,3,6H2,1-2H3,(H,18,19). The number of hydrogen-bond donors (Lipinski definition) is 1. The normalized spacial score (nSPS) is 10.4. The molecule has 0 amide bonds. The monoisotopic (exact) mass is 305 g/mol. The van der Waals surface area contributed by atoms with Gasteiger partial charge in [-0.05, 0) is 31.5 Å². The van der Waals surface area contributed by atoms with Gasteiger partial charge in [-0.2, -0.15) is 0 Å². The highest BCUT2D eigenvalue weighted by Crippen LogP contribution is 2.31. The third-order valence-electron chi connectivity index (χ3n) is 2.84. The molecule has 6 heteroatoms. The van der Waals surface area contributed by atoms with Crippen molar-refractivity contribution in [2.75, 3.05) is 6.61 Å². The summed E-state index contributed by atoms with van der Waals surface area (Å²) in [4.78, 5) is 26.7. The third-order valence-corrected chi connectivity index (χ3v) is 4.03. The molecule has 1 aromatic carbocycles. The second-order valence-electron chi connectivity index (χ2n) is 4.46. The van der Waals surface area contributed by atoms with E-state index in [4.69, 9.17) is 9.84 Å². The van der Waals surface area contributed by atoms with Crippen LogP contribution in [-0.4, -0.2) is 29.0 Å². The highest BCUT2D eigenvalue weighted by molar-refractivity contribution is 7.17. The van der Waals surface area contributed by atoms with Gasteiger partial charge in [0.25, 0.3) is 0 Å². The van der Waals surface area contributed by atoms with Crippen LogP contribution in [0.2, 0.25) is 0 Å². The van der Waals surface area contributed by atoms with Crippen molar-refractivity contribution in [3.63, 3.8) is 0 Å². The average Bonchev–Trinajstić information content (AvgIpc) is 2.87. The Labute approximate surface area is 126 Å². The molecule has 1 aromatic heterocycles. The Kier molecular flexibility index (Phi) is 4.70. The molecule has 0 aliphatic rings. The molecular formula is C15H15NO4S. The van der Waals surface area contributed by atoms with Gasteiger partial charge >= 0.3 is 5.97 Å². The number of carbonyl (C=O) groups is 2. The van der Waals surface area contributed by atoms with Gasteiger partial charge in [0.2, 0.25) is 0 Å². The number of carbonyl (C=O) groups excluding carboxylic acids is 1. The molecule has 21 heavy (non-hydrogen) atoms. The lowest BCUT2D eigenvalue weighted by molar-refractivity contribution is 0.0701. The Morgan fingerprint density at radius 2 is 2.24 bits per heavy atom. The molecule has 0 saturated carbocycles. The van der Waals surface area contributed by atoms with Crippen LogP contribution in [0.4, 0.5) is 0 Å². The first-order chi connectivity index (χ1) is 10.1. The maximum Gasteiger partial charge on any atom is 0.347 e. The van der Waals surface area contributed by atoms with Crippen molar-refractivity contribution < 1.29 is 19.4 Å². The number of carboxylic acid groups (broad SMARTS) is 1. The summed E-state index contributed by atoms with van der Waals surface area (Å²) in [5.41, 5.74) is 1.62. The van der Waals surface area contributed by atoms with Crippen molar-refractivity contribution >= 4 is 23.6 Å². The largest absolute Gasteiger partial charge is 0.493 e. The fourth-order valence-corrected chi connectivity index (χ4v) is 2.74. The van der Waals surface area contributed by atoms with Crippen molar-refractivity contribution in [1.82, 2.24) is 4.98 Å². The average molecular weight is 305 g/mol. The predicted octanol–water partition coefficient (Wildman–Crippen LogP) is 3.42. The van der Waals surface area contributed by atoms with Gasteiger partial charge in [0, 0.05) is 5.56 Å². The van der Waals surface area contributed by atoms with Crippen LogP contribution in [0.3, 0.4) is 0 Å².